The van der Waals surface area contributed by atoms with E-state index in [0.717, 1.165) is 36.9 Å². The molecule has 0 amide bonds. The Morgan fingerprint density at radius 3 is 2.44 bits per heavy atom. The third kappa shape index (κ3) is 2.00. The second-order valence-corrected chi connectivity index (χ2v) is 5.77. The summed E-state index contributed by atoms with van der Waals surface area (Å²) in [6.45, 7) is 0.0194. The average molecular weight is 268 g/mol. The van der Waals surface area contributed by atoms with Gasteiger partial charge in [-0.2, -0.15) is 0 Å². The molecule has 2 fully saturated rings. The van der Waals surface area contributed by atoms with Crippen molar-refractivity contribution in [3.05, 3.63) is 28.8 Å². The van der Waals surface area contributed by atoms with Gasteiger partial charge in [0.05, 0.1) is 23.4 Å². The molecular formula is C14H18ClNO2. The summed E-state index contributed by atoms with van der Waals surface area (Å²) in [4.78, 5) is 2.37. The Morgan fingerprint density at radius 1 is 1.22 bits per heavy atom. The molecule has 2 bridgehead atoms. The smallest absolute Gasteiger partial charge is 0.0682 e. The number of benzene rings is 1. The van der Waals surface area contributed by atoms with Gasteiger partial charge >= 0.3 is 0 Å². The lowest BCUT2D eigenvalue weighted by Gasteiger charge is -2.39. The molecule has 1 aromatic carbocycles. The summed E-state index contributed by atoms with van der Waals surface area (Å²) in [6, 6.07) is 6.58. The van der Waals surface area contributed by atoms with Gasteiger partial charge in [-0.3, -0.25) is 0 Å². The molecule has 3 rings (SSSR count). The summed E-state index contributed by atoms with van der Waals surface area (Å²) in [7, 11) is 0. The van der Waals surface area contributed by atoms with E-state index in [1.165, 1.54) is 0 Å². The van der Waals surface area contributed by atoms with E-state index in [2.05, 4.69) is 4.90 Å². The number of anilines is 1. The fourth-order valence-electron chi connectivity index (χ4n) is 3.40. The van der Waals surface area contributed by atoms with E-state index < -0.39 is 0 Å². The van der Waals surface area contributed by atoms with Crippen LogP contribution in [0.4, 0.5) is 5.69 Å². The zero-order chi connectivity index (χ0) is 12.7. The summed E-state index contributed by atoms with van der Waals surface area (Å²) < 4.78 is 0. The molecule has 0 spiro atoms. The van der Waals surface area contributed by atoms with E-state index in [9.17, 15) is 5.11 Å². The molecule has 0 aliphatic carbocycles. The fraction of sp³-hybridized carbons (Fsp3) is 0.571. The molecule has 2 unspecified atom stereocenters. The summed E-state index contributed by atoms with van der Waals surface area (Å²) in [5.74, 6) is 0. The van der Waals surface area contributed by atoms with Crippen LogP contribution in [0.15, 0.2) is 18.2 Å². The van der Waals surface area contributed by atoms with Crippen LogP contribution in [0.1, 0.15) is 31.2 Å². The lowest BCUT2D eigenvalue weighted by atomic mass is 9.99. The van der Waals surface area contributed by atoms with Crippen molar-refractivity contribution in [2.45, 2.75) is 50.5 Å². The third-order valence-electron chi connectivity index (χ3n) is 4.18. The number of piperidine rings is 1. The molecule has 2 aliphatic rings. The highest BCUT2D eigenvalue weighted by Gasteiger charge is 2.40. The fourth-order valence-corrected chi connectivity index (χ4v) is 3.70. The zero-order valence-electron chi connectivity index (χ0n) is 10.2. The molecule has 0 radical (unpaired) electrons. The van der Waals surface area contributed by atoms with Gasteiger partial charge in [0.15, 0.2) is 0 Å². The molecular weight excluding hydrogens is 250 g/mol. The van der Waals surface area contributed by atoms with Crippen LogP contribution in [0, 0.1) is 0 Å². The van der Waals surface area contributed by atoms with Crippen molar-refractivity contribution in [2.24, 2.45) is 0 Å². The van der Waals surface area contributed by atoms with Gasteiger partial charge in [-0.1, -0.05) is 17.7 Å². The Balaban J connectivity index is 1.91. The molecule has 4 heteroatoms. The molecule has 3 nitrogen and oxygen atoms in total. The van der Waals surface area contributed by atoms with Crippen molar-refractivity contribution in [3.8, 4) is 0 Å². The summed E-state index contributed by atoms with van der Waals surface area (Å²) >= 11 is 6.32. The Labute approximate surface area is 112 Å². The molecule has 18 heavy (non-hydrogen) atoms. The number of aliphatic hydroxyl groups excluding tert-OH is 2. The Bertz CT molecular complexity index is 437. The van der Waals surface area contributed by atoms with Gasteiger partial charge in [0, 0.05) is 12.1 Å². The van der Waals surface area contributed by atoms with Crippen molar-refractivity contribution in [1.82, 2.24) is 0 Å². The molecule has 98 valence electrons. The van der Waals surface area contributed by atoms with Crippen molar-refractivity contribution in [1.29, 1.82) is 0 Å². The Kier molecular flexibility index (Phi) is 3.22. The molecule has 2 saturated heterocycles. The molecule has 2 N–H and O–H groups in total. The highest BCUT2D eigenvalue weighted by molar-refractivity contribution is 6.33. The highest BCUT2D eigenvalue weighted by atomic mass is 35.5. The number of fused-ring (bicyclic) bond motifs is 2. The van der Waals surface area contributed by atoms with Crippen LogP contribution in [-0.4, -0.2) is 28.4 Å². The molecule has 0 saturated carbocycles. The quantitative estimate of drug-likeness (QED) is 0.864. The molecule has 2 atom stereocenters. The van der Waals surface area contributed by atoms with Crippen LogP contribution >= 0.6 is 11.6 Å². The van der Waals surface area contributed by atoms with Crippen LogP contribution in [0.5, 0.6) is 0 Å². The monoisotopic (exact) mass is 267 g/mol. The first-order chi connectivity index (χ1) is 8.69. The summed E-state index contributed by atoms with van der Waals surface area (Å²) in [6.07, 6.45) is 3.80. The number of halogens is 1. The lowest BCUT2D eigenvalue weighted by molar-refractivity contribution is 0.126. The van der Waals surface area contributed by atoms with Gasteiger partial charge in [0.25, 0.3) is 0 Å². The first-order valence-electron chi connectivity index (χ1n) is 6.54. The molecule has 2 aliphatic heterocycles. The van der Waals surface area contributed by atoms with E-state index in [0.29, 0.717) is 17.1 Å². The lowest BCUT2D eigenvalue weighted by Crippen LogP contribution is -2.44. The van der Waals surface area contributed by atoms with Crippen LogP contribution in [0.3, 0.4) is 0 Å². The van der Waals surface area contributed by atoms with Crippen molar-refractivity contribution < 1.29 is 10.2 Å². The van der Waals surface area contributed by atoms with E-state index in [-0.39, 0.29) is 12.7 Å². The number of hydrogen-bond donors (Lipinski definition) is 2. The molecule has 0 aromatic heterocycles. The van der Waals surface area contributed by atoms with E-state index in [1.807, 2.05) is 18.2 Å². The van der Waals surface area contributed by atoms with Crippen LogP contribution in [0.25, 0.3) is 0 Å². The van der Waals surface area contributed by atoms with Gasteiger partial charge < -0.3 is 15.1 Å². The zero-order valence-corrected chi connectivity index (χ0v) is 11.0. The van der Waals surface area contributed by atoms with Crippen molar-refractivity contribution >= 4 is 17.3 Å². The topological polar surface area (TPSA) is 43.7 Å². The van der Waals surface area contributed by atoms with Gasteiger partial charge in [-0.05, 0) is 43.4 Å². The number of aliphatic hydroxyl groups is 2. The molecule has 1 aromatic rings. The second-order valence-electron chi connectivity index (χ2n) is 5.36. The average Bonchev–Trinajstić information content (AvgIpc) is 2.61. The van der Waals surface area contributed by atoms with Crippen LogP contribution < -0.4 is 4.90 Å². The number of rotatable bonds is 2. The molecule has 2 heterocycles. The van der Waals surface area contributed by atoms with Crippen LogP contribution in [-0.2, 0) is 6.61 Å². The number of hydrogen-bond acceptors (Lipinski definition) is 3. The minimum absolute atomic E-state index is 0.0194. The standard InChI is InChI=1S/C14H18ClNO2/c15-13-5-9(8-17)1-4-14(13)16-10-2-3-11(16)7-12(18)6-10/h1,4-5,10-12,17-18H,2-3,6-8H2. The first-order valence-corrected chi connectivity index (χ1v) is 6.92. The van der Waals surface area contributed by atoms with E-state index >= 15 is 0 Å². The maximum Gasteiger partial charge on any atom is 0.0682 e. The maximum atomic E-state index is 9.81. The highest BCUT2D eigenvalue weighted by Crippen LogP contribution is 2.42. The van der Waals surface area contributed by atoms with Crippen molar-refractivity contribution in [3.63, 3.8) is 0 Å². The van der Waals surface area contributed by atoms with Gasteiger partial charge in [0.2, 0.25) is 0 Å². The summed E-state index contributed by atoms with van der Waals surface area (Å²) in [5.41, 5.74) is 1.89. The third-order valence-corrected chi connectivity index (χ3v) is 4.48. The van der Waals surface area contributed by atoms with Crippen molar-refractivity contribution in [2.75, 3.05) is 4.90 Å². The van der Waals surface area contributed by atoms with Crippen LogP contribution in [0.2, 0.25) is 5.02 Å². The Hall–Kier alpha value is -0.770. The predicted octanol–water partition coefficient (Wildman–Crippen LogP) is 2.32. The minimum Gasteiger partial charge on any atom is -0.393 e. The minimum atomic E-state index is -0.158. The number of nitrogens with zero attached hydrogens (tertiary/aromatic N) is 1. The maximum absolute atomic E-state index is 9.81. The SMILES string of the molecule is OCc1ccc(N2C3CCC2CC(O)C3)c(Cl)c1. The summed E-state index contributed by atoms with van der Waals surface area (Å²) in [5, 5.41) is 19.6. The largest absolute Gasteiger partial charge is 0.393 e. The second kappa shape index (κ2) is 4.72. The predicted molar refractivity (Wildman–Crippen MR) is 71.9 cm³/mol. The Morgan fingerprint density at radius 2 is 1.89 bits per heavy atom. The first kappa shape index (κ1) is 12.3. The van der Waals surface area contributed by atoms with Gasteiger partial charge in [-0.25, -0.2) is 0 Å². The van der Waals surface area contributed by atoms with E-state index in [1.54, 1.807) is 0 Å². The normalized spacial score (nSPS) is 30.8. The van der Waals surface area contributed by atoms with Gasteiger partial charge in [-0.15, -0.1) is 0 Å². The van der Waals surface area contributed by atoms with E-state index in [4.69, 9.17) is 16.7 Å². The van der Waals surface area contributed by atoms with Gasteiger partial charge in [0.1, 0.15) is 0 Å².